The lowest BCUT2D eigenvalue weighted by Gasteiger charge is -2.26. The number of carbonyl (C=O) groups excluding carboxylic acids is 1. The second-order valence-electron chi connectivity index (χ2n) is 4.71. The molecule has 0 aromatic heterocycles. The van der Waals surface area contributed by atoms with Gasteiger partial charge in [-0.3, -0.25) is 4.79 Å². The Morgan fingerprint density at radius 2 is 2.05 bits per heavy atom. The van der Waals surface area contributed by atoms with Gasteiger partial charge in [0.15, 0.2) is 0 Å². The van der Waals surface area contributed by atoms with E-state index in [4.69, 9.17) is 16.3 Å². The van der Waals surface area contributed by atoms with Crippen molar-refractivity contribution in [3.05, 3.63) is 64.7 Å². The van der Waals surface area contributed by atoms with Gasteiger partial charge in [-0.2, -0.15) is 0 Å². The van der Waals surface area contributed by atoms with Gasteiger partial charge in [0.25, 0.3) is 5.91 Å². The van der Waals surface area contributed by atoms with Gasteiger partial charge in [0, 0.05) is 22.6 Å². The van der Waals surface area contributed by atoms with E-state index >= 15 is 0 Å². The SMILES string of the molecule is O=C(NC1CCOc2ccccc21)c1cccc(Cl)c1. The number of para-hydroxylation sites is 1. The highest BCUT2D eigenvalue weighted by Gasteiger charge is 2.22. The Hall–Kier alpha value is -2.00. The molecule has 1 amide bonds. The van der Waals surface area contributed by atoms with Crippen molar-refractivity contribution in [1.82, 2.24) is 5.32 Å². The molecule has 0 aliphatic carbocycles. The minimum absolute atomic E-state index is 0.0218. The van der Waals surface area contributed by atoms with Crippen LogP contribution < -0.4 is 10.1 Å². The first-order valence-corrected chi connectivity index (χ1v) is 6.90. The first-order valence-electron chi connectivity index (χ1n) is 6.52. The van der Waals surface area contributed by atoms with Crippen LogP contribution in [0.3, 0.4) is 0 Å². The van der Waals surface area contributed by atoms with Crippen LogP contribution in [0.5, 0.6) is 5.75 Å². The van der Waals surface area contributed by atoms with Crippen molar-refractivity contribution in [3.63, 3.8) is 0 Å². The lowest BCUT2D eigenvalue weighted by Crippen LogP contribution is -2.32. The van der Waals surface area contributed by atoms with Crippen LogP contribution in [0.15, 0.2) is 48.5 Å². The molecule has 1 atom stereocenters. The third-order valence-corrected chi connectivity index (χ3v) is 3.59. The van der Waals surface area contributed by atoms with Gasteiger partial charge in [-0.1, -0.05) is 35.9 Å². The smallest absolute Gasteiger partial charge is 0.251 e. The van der Waals surface area contributed by atoms with Gasteiger partial charge >= 0.3 is 0 Å². The molecule has 1 aliphatic heterocycles. The standard InChI is InChI=1S/C16H14ClNO2/c17-12-5-3-4-11(10-12)16(19)18-14-8-9-20-15-7-2-1-6-13(14)15/h1-7,10,14H,8-9H2,(H,18,19). The maximum atomic E-state index is 12.3. The van der Waals surface area contributed by atoms with E-state index in [0.717, 1.165) is 17.7 Å². The number of benzene rings is 2. The summed E-state index contributed by atoms with van der Waals surface area (Å²) in [6, 6.07) is 14.7. The van der Waals surface area contributed by atoms with Crippen LogP contribution in [0.4, 0.5) is 0 Å². The number of rotatable bonds is 2. The quantitative estimate of drug-likeness (QED) is 0.916. The molecule has 1 aliphatic rings. The largest absolute Gasteiger partial charge is 0.493 e. The average molecular weight is 288 g/mol. The van der Waals surface area contributed by atoms with Gasteiger partial charge in [-0.15, -0.1) is 0 Å². The van der Waals surface area contributed by atoms with Crippen molar-refractivity contribution < 1.29 is 9.53 Å². The number of fused-ring (bicyclic) bond motifs is 1. The Morgan fingerprint density at radius 3 is 2.90 bits per heavy atom. The van der Waals surface area contributed by atoms with E-state index in [1.54, 1.807) is 24.3 Å². The van der Waals surface area contributed by atoms with Crippen LogP contribution in [0.25, 0.3) is 0 Å². The number of carbonyl (C=O) groups is 1. The Kier molecular flexibility index (Phi) is 3.61. The molecular weight excluding hydrogens is 274 g/mol. The van der Waals surface area contributed by atoms with E-state index < -0.39 is 0 Å². The second-order valence-corrected chi connectivity index (χ2v) is 5.15. The van der Waals surface area contributed by atoms with Crippen LogP contribution in [0, 0.1) is 0 Å². The summed E-state index contributed by atoms with van der Waals surface area (Å²) in [7, 11) is 0. The Balaban J connectivity index is 1.81. The van der Waals surface area contributed by atoms with Crippen molar-refractivity contribution in [2.45, 2.75) is 12.5 Å². The Morgan fingerprint density at radius 1 is 1.20 bits per heavy atom. The molecule has 4 heteroatoms. The van der Waals surface area contributed by atoms with Crippen LogP contribution in [0.2, 0.25) is 5.02 Å². The van der Waals surface area contributed by atoms with Crippen molar-refractivity contribution in [2.75, 3.05) is 6.61 Å². The monoisotopic (exact) mass is 287 g/mol. The Labute approximate surface area is 122 Å². The van der Waals surface area contributed by atoms with E-state index in [0.29, 0.717) is 17.2 Å². The number of hydrogen-bond donors (Lipinski definition) is 1. The van der Waals surface area contributed by atoms with Crippen LogP contribution in [-0.2, 0) is 0 Å². The molecule has 1 N–H and O–H groups in total. The number of ether oxygens (including phenoxy) is 1. The summed E-state index contributed by atoms with van der Waals surface area (Å²) < 4.78 is 5.59. The molecule has 0 fully saturated rings. The van der Waals surface area contributed by atoms with Crippen molar-refractivity contribution >= 4 is 17.5 Å². The van der Waals surface area contributed by atoms with Gasteiger partial charge in [0.05, 0.1) is 12.6 Å². The average Bonchev–Trinajstić information content (AvgIpc) is 2.47. The third kappa shape index (κ3) is 2.63. The molecule has 3 rings (SSSR count). The van der Waals surface area contributed by atoms with E-state index in [-0.39, 0.29) is 11.9 Å². The van der Waals surface area contributed by atoms with Gasteiger partial charge in [-0.25, -0.2) is 0 Å². The van der Waals surface area contributed by atoms with Crippen LogP contribution in [-0.4, -0.2) is 12.5 Å². The van der Waals surface area contributed by atoms with Gasteiger partial charge < -0.3 is 10.1 Å². The number of nitrogens with one attached hydrogen (secondary N) is 1. The molecule has 0 saturated carbocycles. The third-order valence-electron chi connectivity index (χ3n) is 3.35. The second kappa shape index (κ2) is 5.55. The predicted octanol–water partition coefficient (Wildman–Crippen LogP) is 3.59. The van der Waals surface area contributed by atoms with E-state index in [2.05, 4.69) is 5.32 Å². The van der Waals surface area contributed by atoms with Gasteiger partial charge in [-0.05, 0) is 24.3 Å². The number of halogens is 1. The maximum absolute atomic E-state index is 12.3. The van der Waals surface area contributed by atoms with E-state index in [9.17, 15) is 4.79 Å². The fraction of sp³-hybridized carbons (Fsp3) is 0.188. The van der Waals surface area contributed by atoms with Crippen LogP contribution >= 0.6 is 11.6 Å². The van der Waals surface area contributed by atoms with E-state index in [1.165, 1.54) is 0 Å². The highest BCUT2D eigenvalue weighted by molar-refractivity contribution is 6.30. The molecule has 3 nitrogen and oxygen atoms in total. The molecule has 2 aromatic rings. The summed E-state index contributed by atoms with van der Waals surface area (Å²) in [5.41, 5.74) is 1.59. The molecule has 1 heterocycles. The van der Waals surface area contributed by atoms with Gasteiger partial charge in [0.1, 0.15) is 5.75 Å². The highest BCUT2D eigenvalue weighted by atomic mass is 35.5. The summed E-state index contributed by atoms with van der Waals surface area (Å²) in [6.45, 7) is 0.609. The highest BCUT2D eigenvalue weighted by Crippen LogP contribution is 2.31. The van der Waals surface area contributed by atoms with Crippen LogP contribution in [0.1, 0.15) is 28.4 Å². The summed E-state index contributed by atoms with van der Waals surface area (Å²) in [5, 5.41) is 3.60. The first kappa shape index (κ1) is 13.0. The molecule has 1 unspecified atom stereocenters. The molecule has 0 radical (unpaired) electrons. The topological polar surface area (TPSA) is 38.3 Å². The zero-order chi connectivity index (χ0) is 13.9. The number of hydrogen-bond acceptors (Lipinski definition) is 2. The predicted molar refractivity (Wildman–Crippen MR) is 78.2 cm³/mol. The fourth-order valence-electron chi connectivity index (χ4n) is 2.36. The molecule has 0 saturated heterocycles. The summed E-state index contributed by atoms with van der Waals surface area (Å²) in [4.78, 5) is 12.3. The lowest BCUT2D eigenvalue weighted by molar-refractivity contribution is 0.0925. The minimum Gasteiger partial charge on any atom is -0.493 e. The first-order chi connectivity index (χ1) is 9.74. The zero-order valence-corrected chi connectivity index (χ0v) is 11.6. The van der Waals surface area contributed by atoms with Gasteiger partial charge in [0.2, 0.25) is 0 Å². The molecular formula is C16H14ClNO2. The summed E-state index contributed by atoms with van der Waals surface area (Å²) in [5.74, 6) is 0.726. The summed E-state index contributed by atoms with van der Waals surface area (Å²) >= 11 is 5.91. The van der Waals surface area contributed by atoms with Crippen molar-refractivity contribution in [3.8, 4) is 5.75 Å². The minimum atomic E-state index is -0.116. The molecule has 102 valence electrons. The van der Waals surface area contributed by atoms with Crippen molar-refractivity contribution in [2.24, 2.45) is 0 Å². The fourth-order valence-corrected chi connectivity index (χ4v) is 2.55. The number of amides is 1. The molecule has 20 heavy (non-hydrogen) atoms. The molecule has 0 bridgehead atoms. The summed E-state index contributed by atoms with van der Waals surface area (Å²) in [6.07, 6.45) is 0.767. The zero-order valence-electron chi connectivity index (χ0n) is 10.8. The lowest BCUT2D eigenvalue weighted by atomic mass is 10.00. The normalized spacial score (nSPS) is 16.9. The maximum Gasteiger partial charge on any atom is 0.251 e. The van der Waals surface area contributed by atoms with Crippen molar-refractivity contribution in [1.29, 1.82) is 0 Å². The molecule has 0 spiro atoms. The molecule has 2 aromatic carbocycles. The van der Waals surface area contributed by atoms with E-state index in [1.807, 2.05) is 24.3 Å². The Bertz CT molecular complexity index is 642.